The molecule has 152 valence electrons. The number of hydrogen-bond acceptors (Lipinski definition) is 2. The van der Waals surface area contributed by atoms with E-state index in [2.05, 4.69) is 0 Å². The van der Waals surface area contributed by atoms with Gasteiger partial charge >= 0.3 is 0 Å². The third-order valence-corrected chi connectivity index (χ3v) is 5.98. The van der Waals surface area contributed by atoms with E-state index in [-0.39, 0.29) is 23.9 Å². The Balaban J connectivity index is 1.78. The van der Waals surface area contributed by atoms with Crippen LogP contribution < -0.4 is 0 Å². The standard InChI is InChI=1S/C26H22ClFO2/c27-20-14-12-17(13-15-20)22(16-24(29)18-6-2-1-3-7-18)25(26(30)19-10-11-19)21-8-4-5-9-23(21)28/h1-9,12-15,19,22,25H,10-11,16H2/t22-,25+/m0/s1. The Morgan fingerprint density at radius 3 is 2.17 bits per heavy atom. The fraction of sp³-hybridized carbons (Fsp3) is 0.231. The third-order valence-electron chi connectivity index (χ3n) is 5.73. The van der Waals surface area contributed by atoms with Gasteiger partial charge in [0, 0.05) is 28.8 Å². The Bertz CT molecular complexity index is 1040. The monoisotopic (exact) mass is 420 g/mol. The van der Waals surface area contributed by atoms with Gasteiger partial charge in [-0.05, 0) is 42.2 Å². The molecule has 4 heteroatoms. The molecule has 0 aliphatic heterocycles. The average Bonchev–Trinajstić information content (AvgIpc) is 3.61. The van der Waals surface area contributed by atoms with Crippen LogP contribution in [0, 0.1) is 11.7 Å². The van der Waals surface area contributed by atoms with Crippen LogP contribution in [-0.2, 0) is 4.79 Å². The lowest BCUT2D eigenvalue weighted by molar-refractivity contribution is -0.122. The van der Waals surface area contributed by atoms with Crippen molar-refractivity contribution in [1.29, 1.82) is 0 Å². The summed E-state index contributed by atoms with van der Waals surface area (Å²) in [5, 5.41) is 0.572. The largest absolute Gasteiger partial charge is 0.299 e. The molecule has 0 amide bonds. The maximum Gasteiger partial charge on any atom is 0.163 e. The Morgan fingerprint density at radius 2 is 1.53 bits per heavy atom. The molecule has 2 nitrogen and oxygen atoms in total. The van der Waals surface area contributed by atoms with Gasteiger partial charge in [-0.2, -0.15) is 0 Å². The van der Waals surface area contributed by atoms with Crippen LogP contribution in [-0.4, -0.2) is 11.6 Å². The predicted molar refractivity (Wildman–Crippen MR) is 116 cm³/mol. The fourth-order valence-electron chi connectivity index (χ4n) is 4.00. The summed E-state index contributed by atoms with van der Waals surface area (Å²) in [6.45, 7) is 0. The van der Waals surface area contributed by atoms with Crippen molar-refractivity contribution < 1.29 is 14.0 Å². The minimum Gasteiger partial charge on any atom is -0.299 e. The molecule has 3 aromatic rings. The highest BCUT2D eigenvalue weighted by atomic mass is 35.5. The van der Waals surface area contributed by atoms with Crippen molar-refractivity contribution in [2.45, 2.75) is 31.1 Å². The molecular formula is C26H22ClFO2. The van der Waals surface area contributed by atoms with Crippen molar-refractivity contribution in [2.24, 2.45) is 5.92 Å². The third kappa shape index (κ3) is 4.52. The Kier molecular flexibility index (Phi) is 6.10. The van der Waals surface area contributed by atoms with Crippen LogP contribution in [0.3, 0.4) is 0 Å². The van der Waals surface area contributed by atoms with E-state index in [1.165, 1.54) is 6.07 Å². The minimum atomic E-state index is -0.715. The maximum atomic E-state index is 14.8. The molecule has 0 aromatic heterocycles. The van der Waals surface area contributed by atoms with Crippen molar-refractivity contribution in [3.8, 4) is 0 Å². The lowest BCUT2D eigenvalue weighted by atomic mass is 9.74. The number of Topliss-reactive ketones (excluding diaryl/α,β-unsaturated/α-hetero) is 2. The number of carbonyl (C=O) groups excluding carboxylic acids is 2. The second kappa shape index (κ2) is 8.93. The smallest absolute Gasteiger partial charge is 0.163 e. The summed E-state index contributed by atoms with van der Waals surface area (Å²) in [7, 11) is 0. The SMILES string of the molecule is O=C(C[C@@H](c1ccc(Cl)cc1)[C@H](C(=O)C1CC1)c1ccccc1F)c1ccccc1. The van der Waals surface area contributed by atoms with E-state index in [0.29, 0.717) is 16.1 Å². The second-order valence-electron chi connectivity index (χ2n) is 7.83. The van der Waals surface area contributed by atoms with Gasteiger partial charge in [0.2, 0.25) is 0 Å². The molecule has 0 heterocycles. The average molecular weight is 421 g/mol. The van der Waals surface area contributed by atoms with Crippen LogP contribution in [0.4, 0.5) is 4.39 Å². The van der Waals surface area contributed by atoms with Gasteiger partial charge in [-0.25, -0.2) is 4.39 Å². The maximum absolute atomic E-state index is 14.8. The number of carbonyl (C=O) groups is 2. The van der Waals surface area contributed by atoms with Crippen LogP contribution in [0.2, 0.25) is 5.02 Å². The lowest BCUT2D eigenvalue weighted by Crippen LogP contribution is -2.25. The number of benzene rings is 3. The number of ketones is 2. The molecule has 2 atom stereocenters. The molecule has 0 N–H and O–H groups in total. The number of rotatable bonds is 8. The highest BCUT2D eigenvalue weighted by Gasteiger charge is 2.41. The molecular weight excluding hydrogens is 399 g/mol. The normalized spacial score (nSPS) is 15.4. The Hall–Kier alpha value is -2.78. The molecule has 0 spiro atoms. The van der Waals surface area contributed by atoms with E-state index in [1.807, 2.05) is 30.3 Å². The molecule has 0 unspecified atom stereocenters. The molecule has 4 rings (SSSR count). The van der Waals surface area contributed by atoms with Crippen molar-refractivity contribution in [2.75, 3.05) is 0 Å². The van der Waals surface area contributed by atoms with E-state index >= 15 is 0 Å². The van der Waals surface area contributed by atoms with Crippen LogP contribution in [0.25, 0.3) is 0 Å². The molecule has 3 aromatic carbocycles. The van der Waals surface area contributed by atoms with Crippen LogP contribution in [0.5, 0.6) is 0 Å². The highest BCUT2D eigenvalue weighted by molar-refractivity contribution is 6.30. The van der Waals surface area contributed by atoms with Gasteiger partial charge in [-0.15, -0.1) is 0 Å². The molecule has 30 heavy (non-hydrogen) atoms. The minimum absolute atomic E-state index is 0.0147. The van der Waals surface area contributed by atoms with Crippen molar-refractivity contribution in [3.05, 3.63) is 106 Å². The van der Waals surface area contributed by atoms with Gasteiger partial charge < -0.3 is 0 Å². The topological polar surface area (TPSA) is 34.1 Å². The molecule has 1 aliphatic carbocycles. The van der Waals surface area contributed by atoms with Crippen molar-refractivity contribution >= 4 is 23.2 Å². The number of halogens is 2. The summed E-state index contributed by atoms with van der Waals surface area (Å²) in [5.41, 5.74) is 1.75. The summed E-state index contributed by atoms with van der Waals surface area (Å²) in [5.74, 6) is -1.72. The van der Waals surface area contributed by atoms with E-state index in [0.717, 1.165) is 18.4 Å². The van der Waals surface area contributed by atoms with Gasteiger partial charge in [-0.3, -0.25) is 9.59 Å². The summed E-state index contributed by atoms with van der Waals surface area (Å²) in [6.07, 6.45) is 1.76. The van der Waals surface area contributed by atoms with Crippen LogP contribution in [0.1, 0.15) is 52.6 Å². The van der Waals surface area contributed by atoms with Crippen molar-refractivity contribution in [1.82, 2.24) is 0 Å². The molecule has 0 bridgehead atoms. The van der Waals surface area contributed by atoms with E-state index in [1.54, 1.807) is 42.5 Å². The summed E-state index contributed by atoms with van der Waals surface area (Å²) < 4.78 is 14.8. The first-order chi connectivity index (χ1) is 14.5. The van der Waals surface area contributed by atoms with E-state index < -0.39 is 17.7 Å². The Labute approximate surface area is 180 Å². The first-order valence-corrected chi connectivity index (χ1v) is 10.5. The molecule has 0 saturated heterocycles. The predicted octanol–water partition coefficient (Wildman–Crippen LogP) is 6.60. The fourth-order valence-corrected chi connectivity index (χ4v) is 4.12. The Morgan fingerprint density at radius 1 is 0.900 bits per heavy atom. The zero-order valence-corrected chi connectivity index (χ0v) is 17.2. The molecule has 1 fully saturated rings. The quantitative estimate of drug-likeness (QED) is 0.385. The van der Waals surface area contributed by atoms with E-state index in [9.17, 15) is 14.0 Å². The van der Waals surface area contributed by atoms with Gasteiger partial charge in [0.1, 0.15) is 11.6 Å². The zero-order valence-electron chi connectivity index (χ0n) is 16.4. The number of hydrogen-bond donors (Lipinski definition) is 0. The van der Waals surface area contributed by atoms with Gasteiger partial charge in [-0.1, -0.05) is 72.3 Å². The first kappa shape index (κ1) is 20.5. The lowest BCUT2D eigenvalue weighted by Gasteiger charge is -2.27. The van der Waals surface area contributed by atoms with Gasteiger partial charge in [0.15, 0.2) is 5.78 Å². The van der Waals surface area contributed by atoms with Crippen LogP contribution in [0.15, 0.2) is 78.9 Å². The summed E-state index contributed by atoms with van der Waals surface area (Å²) in [4.78, 5) is 26.4. The second-order valence-corrected chi connectivity index (χ2v) is 8.26. The zero-order chi connectivity index (χ0) is 21.1. The molecule has 1 aliphatic rings. The molecule has 1 saturated carbocycles. The van der Waals surface area contributed by atoms with E-state index in [4.69, 9.17) is 11.6 Å². The highest BCUT2D eigenvalue weighted by Crippen LogP contribution is 2.44. The van der Waals surface area contributed by atoms with Gasteiger partial charge in [0.05, 0.1) is 5.92 Å². The summed E-state index contributed by atoms with van der Waals surface area (Å²) >= 11 is 6.07. The van der Waals surface area contributed by atoms with Crippen LogP contribution >= 0.6 is 11.6 Å². The molecule has 0 radical (unpaired) electrons. The van der Waals surface area contributed by atoms with Crippen molar-refractivity contribution in [3.63, 3.8) is 0 Å². The van der Waals surface area contributed by atoms with Gasteiger partial charge in [0.25, 0.3) is 0 Å². The first-order valence-electron chi connectivity index (χ1n) is 10.2. The summed E-state index contributed by atoms with van der Waals surface area (Å²) in [6, 6.07) is 22.6.